The smallest absolute Gasteiger partial charge is 0.274 e. The normalized spacial score (nSPS) is 15.6. The number of nitrogens with zero attached hydrogens (tertiary/aromatic N) is 3. The summed E-state index contributed by atoms with van der Waals surface area (Å²) in [6.45, 7) is 1.22. The Labute approximate surface area is 127 Å². The number of aromatic nitrogens is 2. The molecule has 0 N–H and O–H groups in total. The molecule has 1 saturated heterocycles. The van der Waals surface area contributed by atoms with E-state index in [2.05, 4.69) is 9.97 Å². The number of halogens is 1. The first-order valence-corrected chi connectivity index (χ1v) is 7.20. The summed E-state index contributed by atoms with van der Waals surface area (Å²) < 4.78 is 18.7. The maximum Gasteiger partial charge on any atom is 0.274 e. The summed E-state index contributed by atoms with van der Waals surface area (Å²) in [5.41, 5.74) is 0.361. The van der Waals surface area contributed by atoms with Crippen LogP contribution in [-0.4, -0.2) is 40.0 Å². The van der Waals surface area contributed by atoms with Crippen LogP contribution in [0.1, 0.15) is 23.3 Å². The lowest BCUT2D eigenvalue weighted by Crippen LogP contribution is -2.42. The summed E-state index contributed by atoms with van der Waals surface area (Å²) in [7, 11) is 0. The Balaban J connectivity index is 1.54. The Bertz CT molecular complexity index is 626. The number of hydrogen-bond donors (Lipinski definition) is 0. The van der Waals surface area contributed by atoms with Gasteiger partial charge in [0.05, 0.1) is 6.20 Å². The molecule has 0 atom stereocenters. The van der Waals surface area contributed by atoms with Crippen LogP contribution >= 0.6 is 0 Å². The van der Waals surface area contributed by atoms with Crippen molar-refractivity contribution in [3.05, 3.63) is 54.4 Å². The lowest BCUT2D eigenvalue weighted by atomic mass is 10.1. The fourth-order valence-corrected chi connectivity index (χ4v) is 2.45. The van der Waals surface area contributed by atoms with Gasteiger partial charge >= 0.3 is 0 Å². The van der Waals surface area contributed by atoms with Crippen molar-refractivity contribution >= 4 is 5.91 Å². The van der Waals surface area contributed by atoms with E-state index in [0.29, 0.717) is 24.5 Å². The molecule has 0 saturated carbocycles. The van der Waals surface area contributed by atoms with Crippen LogP contribution in [-0.2, 0) is 0 Å². The zero-order valence-corrected chi connectivity index (χ0v) is 12.0. The molecule has 0 unspecified atom stereocenters. The summed E-state index contributed by atoms with van der Waals surface area (Å²) in [5, 5.41) is 0. The molecule has 1 amide bonds. The topological polar surface area (TPSA) is 55.3 Å². The second kappa shape index (κ2) is 6.51. The molecule has 22 heavy (non-hydrogen) atoms. The number of carbonyl (C=O) groups excluding carboxylic acids is 1. The van der Waals surface area contributed by atoms with Crippen molar-refractivity contribution in [1.29, 1.82) is 0 Å². The molecule has 2 heterocycles. The van der Waals surface area contributed by atoms with Crippen LogP contribution in [0.2, 0.25) is 0 Å². The summed E-state index contributed by atoms with van der Waals surface area (Å²) >= 11 is 0. The van der Waals surface area contributed by atoms with Crippen molar-refractivity contribution in [2.75, 3.05) is 13.1 Å². The van der Waals surface area contributed by atoms with E-state index in [9.17, 15) is 9.18 Å². The van der Waals surface area contributed by atoms with Gasteiger partial charge in [0.25, 0.3) is 5.91 Å². The summed E-state index contributed by atoms with van der Waals surface area (Å²) in [4.78, 5) is 21.9. The molecule has 0 radical (unpaired) electrons. The van der Waals surface area contributed by atoms with Gasteiger partial charge in [0.1, 0.15) is 23.4 Å². The molecule has 1 aromatic heterocycles. The van der Waals surface area contributed by atoms with Crippen LogP contribution in [0, 0.1) is 5.82 Å². The Morgan fingerprint density at radius 3 is 2.55 bits per heavy atom. The van der Waals surface area contributed by atoms with Crippen LogP contribution in [0.5, 0.6) is 5.75 Å². The van der Waals surface area contributed by atoms with Gasteiger partial charge in [-0.2, -0.15) is 0 Å². The number of piperidine rings is 1. The highest BCUT2D eigenvalue weighted by molar-refractivity contribution is 5.92. The van der Waals surface area contributed by atoms with Crippen LogP contribution in [0.25, 0.3) is 0 Å². The van der Waals surface area contributed by atoms with Gasteiger partial charge in [-0.05, 0) is 24.3 Å². The highest BCUT2D eigenvalue weighted by Gasteiger charge is 2.25. The molecular weight excluding hydrogens is 285 g/mol. The fraction of sp³-hybridized carbons (Fsp3) is 0.312. The van der Waals surface area contributed by atoms with Crippen molar-refractivity contribution in [1.82, 2.24) is 14.9 Å². The standard InChI is InChI=1S/C16H16FN3O2/c17-12-1-3-13(4-2-12)22-14-5-9-20(10-6-14)16(21)15-11-18-7-8-19-15/h1-4,7-8,11,14H,5-6,9-10H2. The number of carbonyl (C=O) groups is 1. The highest BCUT2D eigenvalue weighted by Crippen LogP contribution is 2.20. The first kappa shape index (κ1) is 14.4. The second-order valence-corrected chi connectivity index (χ2v) is 5.15. The van der Waals surface area contributed by atoms with Gasteiger partial charge in [-0.3, -0.25) is 9.78 Å². The molecule has 114 valence electrons. The molecule has 1 aromatic carbocycles. The molecular formula is C16H16FN3O2. The van der Waals surface area contributed by atoms with Gasteiger partial charge < -0.3 is 9.64 Å². The third kappa shape index (κ3) is 3.39. The van der Waals surface area contributed by atoms with E-state index >= 15 is 0 Å². The van der Waals surface area contributed by atoms with E-state index in [1.54, 1.807) is 23.2 Å². The van der Waals surface area contributed by atoms with Crippen molar-refractivity contribution in [3.8, 4) is 5.75 Å². The molecule has 3 rings (SSSR count). The van der Waals surface area contributed by atoms with Crippen molar-refractivity contribution in [2.45, 2.75) is 18.9 Å². The van der Waals surface area contributed by atoms with E-state index in [1.165, 1.54) is 24.5 Å². The highest BCUT2D eigenvalue weighted by atomic mass is 19.1. The molecule has 2 aromatic rings. The minimum absolute atomic E-state index is 0.0383. The maximum atomic E-state index is 12.9. The zero-order valence-electron chi connectivity index (χ0n) is 12.0. The number of hydrogen-bond acceptors (Lipinski definition) is 4. The average Bonchev–Trinajstić information content (AvgIpc) is 2.58. The quantitative estimate of drug-likeness (QED) is 0.873. The number of likely N-dealkylation sites (tertiary alicyclic amines) is 1. The lowest BCUT2D eigenvalue weighted by molar-refractivity contribution is 0.0589. The first-order chi connectivity index (χ1) is 10.7. The number of rotatable bonds is 3. The van der Waals surface area contributed by atoms with E-state index < -0.39 is 0 Å². The SMILES string of the molecule is O=C(c1cnccn1)N1CCC(Oc2ccc(F)cc2)CC1. The molecule has 0 aliphatic carbocycles. The largest absolute Gasteiger partial charge is 0.490 e. The minimum atomic E-state index is -0.281. The van der Waals surface area contributed by atoms with E-state index in [-0.39, 0.29) is 17.8 Å². The van der Waals surface area contributed by atoms with Gasteiger partial charge in [0.15, 0.2) is 0 Å². The Kier molecular flexibility index (Phi) is 4.27. The summed E-state index contributed by atoms with van der Waals surface area (Å²) in [5.74, 6) is 0.269. The lowest BCUT2D eigenvalue weighted by Gasteiger charge is -2.31. The summed E-state index contributed by atoms with van der Waals surface area (Å²) in [6.07, 6.45) is 6.05. The van der Waals surface area contributed by atoms with Crippen molar-refractivity contribution in [3.63, 3.8) is 0 Å². The average molecular weight is 301 g/mol. The van der Waals surface area contributed by atoms with Crippen molar-refractivity contribution in [2.24, 2.45) is 0 Å². The van der Waals surface area contributed by atoms with E-state index in [0.717, 1.165) is 12.8 Å². The van der Waals surface area contributed by atoms with E-state index in [4.69, 9.17) is 4.74 Å². The van der Waals surface area contributed by atoms with Gasteiger partial charge in [-0.15, -0.1) is 0 Å². The maximum absolute atomic E-state index is 12.9. The molecule has 1 aliphatic rings. The van der Waals surface area contributed by atoms with Gasteiger partial charge in [0.2, 0.25) is 0 Å². The number of ether oxygens (including phenoxy) is 1. The van der Waals surface area contributed by atoms with Crippen LogP contribution in [0.15, 0.2) is 42.9 Å². The first-order valence-electron chi connectivity index (χ1n) is 7.20. The van der Waals surface area contributed by atoms with Crippen molar-refractivity contribution < 1.29 is 13.9 Å². The van der Waals surface area contributed by atoms with Crippen LogP contribution in [0.4, 0.5) is 4.39 Å². The zero-order chi connectivity index (χ0) is 15.4. The number of amides is 1. The molecule has 1 aliphatic heterocycles. The Morgan fingerprint density at radius 1 is 1.18 bits per heavy atom. The van der Waals surface area contributed by atoms with Crippen LogP contribution < -0.4 is 4.74 Å². The predicted molar refractivity (Wildman–Crippen MR) is 78.0 cm³/mol. The van der Waals surface area contributed by atoms with E-state index in [1.807, 2.05) is 0 Å². The molecule has 0 bridgehead atoms. The molecule has 6 heteroatoms. The number of benzene rings is 1. The van der Waals surface area contributed by atoms with Gasteiger partial charge in [-0.1, -0.05) is 0 Å². The summed E-state index contributed by atoms with van der Waals surface area (Å²) in [6, 6.07) is 5.99. The molecule has 1 fully saturated rings. The third-order valence-electron chi connectivity index (χ3n) is 3.63. The fourth-order valence-electron chi connectivity index (χ4n) is 2.45. The van der Waals surface area contributed by atoms with Gasteiger partial charge in [-0.25, -0.2) is 9.37 Å². The van der Waals surface area contributed by atoms with Crippen LogP contribution in [0.3, 0.4) is 0 Å². The third-order valence-corrected chi connectivity index (χ3v) is 3.63. The van der Waals surface area contributed by atoms with Gasteiger partial charge in [0, 0.05) is 38.3 Å². The monoisotopic (exact) mass is 301 g/mol. The Hall–Kier alpha value is -2.50. The molecule has 5 nitrogen and oxygen atoms in total. The minimum Gasteiger partial charge on any atom is -0.490 e. The molecule has 0 spiro atoms. The second-order valence-electron chi connectivity index (χ2n) is 5.15. The predicted octanol–water partition coefficient (Wildman–Crippen LogP) is 2.30. The Morgan fingerprint density at radius 2 is 1.91 bits per heavy atom.